The standard InChI is InChI=1S/C24H29N3O3/c1-4-17(5-2)8-7-15-30-21-10-6-9-20(22(21)28)24-26-16-25-23(27-24)18-11-13-19(29-3)14-12-18/h6,9-14,16-17,28H,4-5,7-8,15H2,1-3H3. The van der Waals surface area contributed by atoms with Crippen molar-refractivity contribution in [2.45, 2.75) is 39.5 Å². The highest BCUT2D eigenvalue weighted by Crippen LogP contribution is 2.36. The number of hydrogen-bond acceptors (Lipinski definition) is 6. The number of nitrogens with zero attached hydrogens (tertiary/aromatic N) is 3. The van der Waals surface area contributed by atoms with Crippen LogP contribution in [0.3, 0.4) is 0 Å². The molecule has 30 heavy (non-hydrogen) atoms. The van der Waals surface area contributed by atoms with Gasteiger partial charge in [-0.2, -0.15) is 0 Å². The van der Waals surface area contributed by atoms with Crippen molar-refractivity contribution in [2.24, 2.45) is 5.92 Å². The van der Waals surface area contributed by atoms with Crippen LogP contribution in [0.25, 0.3) is 22.8 Å². The molecule has 6 heteroatoms. The van der Waals surface area contributed by atoms with Crippen LogP contribution in [-0.4, -0.2) is 33.8 Å². The Morgan fingerprint density at radius 3 is 2.40 bits per heavy atom. The molecule has 6 nitrogen and oxygen atoms in total. The lowest BCUT2D eigenvalue weighted by Crippen LogP contribution is -2.03. The van der Waals surface area contributed by atoms with Gasteiger partial charge in [-0.25, -0.2) is 15.0 Å². The minimum absolute atomic E-state index is 0.0481. The van der Waals surface area contributed by atoms with Crippen molar-refractivity contribution in [3.05, 3.63) is 48.8 Å². The monoisotopic (exact) mass is 407 g/mol. The van der Waals surface area contributed by atoms with Crippen LogP contribution in [0.15, 0.2) is 48.8 Å². The Balaban J connectivity index is 1.75. The molecule has 158 valence electrons. The molecule has 1 N–H and O–H groups in total. The van der Waals surface area contributed by atoms with Crippen LogP contribution in [0, 0.1) is 5.92 Å². The van der Waals surface area contributed by atoms with Crippen molar-refractivity contribution in [1.29, 1.82) is 0 Å². The third-order valence-corrected chi connectivity index (χ3v) is 5.33. The van der Waals surface area contributed by atoms with Gasteiger partial charge in [0.05, 0.1) is 19.3 Å². The van der Waals surface area contributed by atoms with Gasteiger partial charge in [0, 0.05) is 5.56 Å². The maximum absolute atomic E-state index is 10.7. The zero-order valence-corrected chi connectivity index (χ0v) is 17.8. The minimum Gasteiger partial charge on any atom is -0.504 e. The van der Waals surface area contributed by atoms with Crippen LogP contribution in [0.4, 0.5) is 0 Å². The van der Waals surface area contributed by atoms with Gasteiger partial charge >= 0.3 is 0 Å². The van der Waals surface area contributed by atoms with Gasteiger partial charge in [-0.3, -0.25) is 0 Å². The summed E-state index contributed by atoms with van der Waals surface area (Å²) in [4.78, 5) is 13.0. The second-order valence-corrected chi connectivity index (χ2v) is 7.19. The third-order valence-electron chi connectivity index (χ3n) is 5.33. The van der Waals surface area contributed by atoms with E-state index in [1.54, 1.807) is 19.2 Å². The average Bonchev–Trinajstić information content (AvgIpc) is 2.80. The number of rotatable bonds is 10. The first-order valence-electron chi connectivity index (χ1n) is 10.4. The number of benzene rings is 2. The van der Waals surface area contributed by atoms with E-state index in [1.165, 1.54) is 19.2 Å². The lowest BCUT2D eigenvalue weighted by Gasteiger charge is -2.14. The maximum Gasteiger partial charge on any atom is 0.168 e. The predicted octanol–water partition coefficient (Wildman–Crippen LogP) is 5.52. The molecule has 0 fully saturated rings. The normalized spacial score (nSPS) is 10.9. The molecule has 0 amide bonds. The molecule has 2 aromatic carbocycles. The fourth-order valence-corrected chi connectivity index (χ4v) is 3.38. The number of aromatic nitrogens is 3. The van der Waals surface area contributed by atoms with Gasteiger partial charge in [0.25, 0.3) is 0 Å². The molecular weight excluding hydrogens is 378 g/mol. The summed E-state index contributed by atoms with van der Waals surface area (Å²) in [7, 11) is 1.62. The van der Waals surface area contributed by atoms with Crippen LogP contribution >= 0.6 is 0 Å². The Morgan fingerprint density at radius 2 is 1.70 bits per heavy atom. The average molecular weight is 408 g/mol. The van der Waals surface area contributed by atoms with E-state index < -0.39 is 0 Å². The van der Waals surface area contributed by atoms with E-state index in [4.69, 9.17) is 9.47 Å². The number of para-hydroxylation sites is 1. The SMILES string of the molecule is CCC(CC)CCCOc1cccc(-c2ncnc(-c3ccc(OC)cc3)n2)c1O. The quantitative estimate of drug-likeness (QED) is 0.446. The van der Waals surface area contributed by atoms with E-state index >= 15 is 0 Å². The minimum atomic E-state index is 0.0481. The molecule has 0 spiro atoms. The molecule has 0 unspecified atom stereocenters. The lowest BCUT2D eigenvalue weighted by atomic mass is 9.98. The Labute approximate surface area is 178 Å². The highest BCUT2D eigenvalue weighted by molar-refractivity contribution is 5.69. The molecule has 0 saturated carbocycles. The first-order chi connectivity index (χ1) is 14.7. The van der Waals surface area contributed by atoms with Crippen molar-refractivity contribution < 1.29 is 14.6 Å². The van der Waals surface area contributed by atoms with Crippen molar-refractivity contribution in [3.63, 3.8) is 0 Å². The molecule has 3 aromatic rings. The summed E-state index contributed by atoms with van der Waals surface area (Å²) in [5.41, 5.74) is 1.36. The highest BCUT2D eigenvalue weighted by Gasteiger charge is 2.14. The van der Waals surface area contributed by atoms with E-state index in [0.717, 1.165) is 30.1 Å². The van der Waals surface area contributed by atoms with Crippen molar-refractivity contribution in [3.8, 4) is 40.0 Å². The largest absolute Gasteiger partial charge is 0.504 e. The Kier molecular flexibility index (Phi) is 7.60. The van der Waals surface area contributed by atoms with Gasteiger partial charge < -0.3 is 14.6 Å². The fraction of sp³-hybridized carbons (Fsp3) is 0.375. The second kappa shape index (κ2) is 10.6. The number of phenolic OH excluding ortho intramolecular Hbond substituents is 1. The van der Waals surface area contributed by atoms with E-state index in [1.807, 2.05) is 30.3 Å². The molecule has 0 bridgehead atoms. The summed E-state index contributed by atoms with van der Waals surface area (Å²) in [6.07, 6.45) is 5.92. The number of ether oxygens (including phenoxy) is 2. The van der Waals surface area contributed by atoms with E-state index in [2.05, 4.69) is 28.8 Å². The number of phenols is 1. The van der Waals surface area contributed by atoms with Crippen LogP contribution in [0.2, 0.25) is 0 Å². The molecular formula is C24H29N3O3. The van der Waals surface area contributed by atoms with Crippen molar-refractivity contribution >= 4 is 0 Å². The van der Waals surface area contributed by atoms with Crippen LogP contribution in [0.1, 0.15) is 39.5 Å². The molecule has 3 rings (SSSR count). The third kappa shape index (κ3) is 5.26. The van der Waals surface area contributed by atoms with Gasteiger partial charge in [-0.15, -0.1) is 0 Å². The van der Waals surface area contributed by atoms with Crippen molar-refractivity contribution in [1.82, 2.24) is 15.0 Å². The van der Waals surface area contributed by atoms with E-state index in [9.17, 15) is 5.11 Å². The zero-order valence-electron chi connectivity index (χ0n) is 17.8. The molecule has 1 aromatic heterocycles. The Bertz CT molecular complexity index is 941. The van der Waals surface area contributed by atoms with E-state index in [0.29, 0.717) is 29.6 Å². The molecule has 1 heterocycles. The summed E-state index contributed by atoms with van der Waals surface area (Å²) >= 11 is 0. The van der Waals surface area contributed by atoms with Gasteiger partial charge in [-0.05, 0) is 55.2 Å². The molecule has 0 aliphatic rings. The first-order valence-corrected chi connectivity index (χ1v) is 10.4. The molecule has 0 aliphatic heterocycles. The summed E-state index contributed by atoms with van der Waals surface area (Å²) in [5.74, 6) is 2.92. The smallest absolute Gasteiger partial charge is 0.168 e. The summed E-state index contributed by atoms with van der Waals surface area (Å²) in [6, 6.07) is 12.9. The number of methoxy groups -OCH3 is 1. The fourth-order valence-electron chi connectivity index (χ4n) is 3.38. The van der Waals surface area contributed by atoms with Crippen LogP contribution in [-0.2, 0) is 0 Å². The zero-order chi connectivity index (χ0) is 21.3. The lowest BCUT2D eigenvalue weighted by molar-refractivity contribution is 0.276. The highest BCUT2D eigenvalue weighted by atomic mass is 16.5. The second-order valence-electron chi connectivity index (χ2n) is 7.19. The summed E-state index contributed by atoms with van der Waals surface area (Å²) in [5, 5.41) is 10.7. The molecule has 0 saturated heterocycles. The topological polar surface area (TPSA) is 77.4 Å². The predicted molar refractivity (Wildman–Crippen MR) is 118 cm³/mol. The Morgan fingerprint density at radius 1 is 0.967 bits per heavy atom. The van der Waals surface area contributed by atoms with E-state index in [-0.39, 0.29) is 5.75 Å². The van der Waals surface area contributed by atoms with Gasteiger partial charge in [-0.1, -0.05) is 32.8 Å². The van der Waals surface area contributed by atoms with Crippen LogP contribution in [0.5, 0.6) is 17.2 Å². The van der Waals surface area contributed by atoms with Crippen LogP contribution < -0.4 is 9.47 Å². The summed E-state index contributed by atoms with van der Waals surface area (Å²) < 4.78 is 11.0. The number of hydrogen-bond donors (Lipinski definition) is 1. The molecule has 0 radical (unpaired) electrons. The number of aromatic hydroxyl groups is 1. The molecule has 0 aliphatic carbocycles. The Hall–Kier alpha value is -3.15. The molecule has 0 atom stereocenters. The van der Waals surface area contributed by atoms with Gasteiger partial charge in [0.2, 0.25) is 0 Å². The maximum atomic E-state index is 10.7. The van der Waals surface area contributed by atoms with Crippen molar-refractivity contribution in [2.75, 3.05) is 13.7 Å². The van der Waals surface area contributed by atoms with Gasteiger partial charge in [0.15, 0.2) is 23.1 Å². The first kappa shape index (κ1) is 21.6. The van der Waals surface area contributed by atoms with Gasteiger partial charge in [0.1, 0.15) is 12.1 Å². The summed E-state index contributed by atoms with van der Waals surface area (Å²) in [6.45, 7) is 5.01.